The second-order valence-electron chi connectivity index (χ2n) is 5.13. The molecule has 0 saturated heterocycles. The summed E-state index contributed by atoms with van der Waals surface area (Å²) in [4.78, 5) is 22.7. The maximum Gasteiger partial charge on any atom is 0.271 e. The molecule has 0 aliphatic rings. The van der Waals surface area contributed by atoms with Gasteiger partial charge < -0.3 is 19.5 Å². The lowest BCUT2D eigenvalue weighted by atomic mass is 10.1. The molecule has 0 aromatic heterocycles. The lowest BCUT2D eigenvalue weighted by Crippen LogP contribution is -2.34. The van der Waals surface area contributed by atoms with E-state index in [-0.39, 0.29) is 16.4 Å². The molecule has 0 atom stereocenters. The number of carbonyl (C=O) groups excluding carboxylic acids is 1. The van der Waals surface area contributed by atoms with Crippen LogP contribution in [0.5, 0.6) is 17.2 Å². The molecule has 1 amide bonds. The molecule has 0 bridgehead atoms. The van der Waals surface area contributed by atoms with Gasteiger partial charge in [0.25, 0.3) is 11.6 Å². The molecule has 10 heteroatoms. The second kappa shape index (κ2) is 8.81. The minimum atomic E-state index is -0.525. The normalized spacial score (nSPS) is 9.89. The Balaban J connectivity index is 2.16. The fraction of sp³-hybridized carbons (Fsp3) is 0.176. The highest BCUT2D eigenvalue weighted by Gasteiger charge is 2.18. The number of nitrogens with one attached hydrogen (secondary N) is 2. The number of carbonyl (C=O) groups is 1. The van der Waals surface area contributed by atoms with E-state index in [1.165, 1.54) is 51.7 Å². The van der Waals surface area contributed by atoms with Crippen molar-refractivity contribution in [2.24, 2.45) is 0 Å². The zero-order valence-corrected chi connectivity index (χ0v) is 15.6. The number of anilines is 1. The van der Waals surface area contributed by atoms with Crippen LogP contribution in [0.25, 0.3) is 0 Å². The fourth-order valence-corrected chi connectivity index (χ4v) is 2.46. The lowest BCUT2D eigenvalue weighted by molar-refractivity contribution is -0.384. The predicted octanol–water partition coefficient (Wildman–Crippen LogP) is 2.75. The number of hydrogen-bond donors (Lipinski definition) is 2. The summed E-state index contributed by atoms with van der Waals surface area (Å²) in [7, 11) is 4.33. The average molecular weight is 391 g/mol. The first-order valence-corrected chi connectivity index (χ1v) is 7.97. The van der Waals surface area contributed by atoms with Gasteiger partial charge in [0.15, 0.2) is 16.6 Å². The maximum absolute atomic E-state index is 12.5. The van der Waals surface area contributed by atoms with Gasteiger partial charge in [-0.15, -0.1) is 0 Å². The summed E-state index contributed by atoms with van der Waals surface area (Å²) in [5.74, 6) is 0.477. The van der Waals surface area contributed by atoms with Gasteiger partial charge in [-0.2, -0.15) is 0 Å². The molecular weight excluding hydrogens is 374 g/mol. The van der Waals surface area contributed by atoms with Crippen molar-refractivity contribution in [3.8, 4) is 17.2 Å². The third kappa shape index (κ3) is 4.82. The molecule has 2 rings (SSSR count). The standard InChI is InChI=1S/C17H17N3O6S/c1-24-13-7-10(8-14(25-2)15(13)26-3)16(21)19-17(27)18-11-5-4-6-12(9-11)20(22)23/h4-9H,1-3H3,(H2,18,19,21,27). The number of nitro groups is 1. The molecule has 0 fully saturated rings. The van der Waals surface area contributed by atoms with Gasteiger partial charge in [0, 0.05) is 23.4 Å². The number of non-ortho nitro benzene ring substituents is 1. The molecule has 27 heavy (non-hydrogen) atoms. The largest absolute Gasteiger partial charge is 0.493 e. The van der Waals surface area contributed by atoms with Gasteiger partial charge in [-0.1, -0.05) is 6.07 Å². The zero-order chi connectivity index (χ0) is 20.0. The van der Waals surface area contributed by atoms with E-state index in [4.69, 9.17) is 26.4 Å². The van der Waals surface area contributed by atoms with Gasteiger partial charge in [-0.25, -0.2) is 0 Å². The van der Waals surface area contributed by atoms with Crippen LogP contribution in [0.15, 0.2) is 36.4 Å². The average Bonchev–Trinajstić information content (AvgIpc) is 2.66. The number of methoxy groups -OCH3 is 3. The number of thiocarbonyl (C=S) groups is 1. The highest BCUT2D eigenvalue weighted by Crippen LogP contribution is 2.38. The molecule has 0 aliphatic carbocycles. The Morgan fingerprint density at radius 2 is 1.70 bits per heavy atom. The Morgan fingerprint density at radius 1 is 1.07 bits per heavy atom. The first kappa shape index (κ1) is 19.9. The van der Waals surface area contributed by atoms with Crippen molar-refractivity contribution >= 4 is 34.6 Å². The quantitative estimate of drug-likeness (QED) is 0.439. The Bertz CT molecular complexity index is 862. The SMILES string of the molecule is COc1cc(C(=O)NC(=S)Nc2cccc([N+](=O)[O-])c2)cc(OC)c1OC. The van der Waals surface area contributed by atoms with Crippen molar-refractivity contribution in [1.82, 2.24) is 5.32 Å². The molecule has 0 spiro atoms. The summed E-state index contributed by atoms with van der Waals surface area (Å²) < 4.78 is 15.6. The Kier molecular flexibility index (Phi) is 6.50. The van der Waals surface area contributed by atoms with Crippen LogP contribution in [-0.2, 0) is 0 Å². The van der Waals surface area contributed by atoms with Gasteiger partial charge >= 0.3 is 0 Å². The predicted molar refractivity (Wildman–Crippen MR) is 103 cm³/mol. The number of ether oxygens (including phenoxy) is 3. The van der Waals surface area contributed by atoms with Crippen LogP contribution >= 0.6 is 12.2 Å². The van der Waals surface area contributed by atoms with E-state index in [1.54, 1.807) is 6.07 Å². The van der Waals surface area contributed by atoms with Crippen LogP contribution in [0, 0.1) is 10.1 Å². The van der Waals surface area contributed by atoms with Crippen LogP contribution in [-0.4, -0.2) is 37.3 Å². The summed E-state index contributed by atoms with van der Waals surface area (Å²) in [6.07, 6.45) is 0. The van der Waals surface area contributed by atoms with Gasteiger partial charge in [0.1, 0.15) is 0 Å². The van der Waals surface area contributed by atoms with Crippen molar-refractivity contribution in [2.75, 3.05) is 26.6 Å². The summed E-state index contributed by atoms with van der Waals surface area (Å²) in [6.45, 7) is 0. The third-order valence-electron chi connectivity index (χ3n) is 3.47. The molecule has 0 radical (unpaired) electrons. The maximum atomic E-state index is 12.5. The molecule has 2 aromatic rings. The lowest BCUT2D eigenvalue weighted by Gasteiger charge is -2.14. The Hall–Kier alpha value is -3.40. The summed E-state index contributed by atoms with van der Waals surface area (Å²) in [6, 6.07) is 8.70. The molecular formula is C17H17N3O6S. The molecule has 2 N–H and O–H groups in total. The van der Waals surface area contributed by atoms with Gasteiger partial charge in [-0.05, 0) is 30.4 Å². The molecule has 0 saturated carbocycles. The van der Waals surface area contributed by atoms with E-state index in [0.29, 0.717) is 22.9 Å². The van der Waals surface area contributed by atoms with Crippen LogP contribution < -0.4 is 24.8 Å². The van der Waals surface area contributed by atoms with Gasteiger partial charge in [0.2, 0.25) is 5.75 Å². The first-order valence-electron chi connectivity index (χ1n) is 7.56. The fourth-order valence-electron chi connectivity index (χ4n) is 2.25. The second-order valence-corrected chi connectivity index (χ2v) is 5.54. The van der Waals surface area contributed by atoms with Crippen molar-refractivity contribution in [3.05, 3.63) is 52.1 Å². The van der Waals surface area contributed by atoms with Crippen molar-refractivity contribution in [1.29, 1.82) is 0 Å². The molecule has 2 aromatic carbocycles. The van der Waals surface area contributed by atoms with E-state index in [1.807, 2.05) is 0 Å². The van der Waals surface area contributed by atoms with Crippen molar-refractivity contribution in [2.45, 2.75) is 0 Å². The first-order chi connectivity index (χ1) is 12.9. The van der Waals surface area contributed by atoms with Gasteiger partial charge in [-0.3, -0.25) is 20.2 Å². The van der Waals surface area contributed by atoms with Crippen molar-refractivity contribution in [3.63, 3.8) is 0 Å². The molecule has 0 unspecified atom stereocenters. The minimum absolute atomic E-state index is 0.0192. The van der Waals surface area contributed by atoms with E-state index < -0.39 is 10.8 Å². The van der Waals surface area contributed by atoms with Crippen LogP contribution in [0.3, 0.4) is 0 Å². The zero-order valence-electron chi connectivity index (χ0n) is 14.8. The number of benzene rings is 2. The number of hydrogen-bond acceptors (Lipinski definition) is 7. The number of nitro benzene ring substituents is 1. The molecule has 9 nitrogen and oxygen atoms in total. The highest BCUT2D eigenvalue weighted by molar-refractivity contribution is 7.80. The smallest absolute Gasteiger partial charge is 0.271 e. The van der Waals surface area contributed by atoms with Crippen molar-refractivity contribution < 1.29 is 23.9 Å². The third-order valence-corrected chi connectivity index (χ3v) is 3.67. The minimum Gasteiger partial charge on any atom is -0.493 e. The summed E-state index contributed by atoms with van der Waals surface area (Å²) in [5, 5.41) is 16.0. The van der Waals surface area contributed by atoms with Crippen LogP contribution in [0.2, 0.25) is 0 Å². The highest BCUT2D eigenvalue weighted by atomic mass is 32.1. The summed E-state index contributed by atoms with van der Waals surface area (Å²) >= 11 is 5.09. The van der Waals surface area contributed by atoms with E-state index in [9.17, 15) is 14.9 Å². The van der Waals surface area contributed by atoms with E-state index in [2.05, 4.69) is 10.6 Å². The summed E-state index contributed by atoms with van der Waals surface area (Å²) in [5.41, 5.74) is 0.505. The monoisotopic (exact) mass is 391 g/mol. The number of rotatable bonds is 6. The van der Waals surface area contributed by atoms with E-state index in [0.717, 1.165) is 0 Å². The Morgan fingerprint density at radius 3 is 2.22 bits per heavy atom. The molecule has 0 heterocycles. The molecule has 0 aliphatic heterocycles. The van der Waals surface area contributed by atoms with Crippen LogP contribution in [0.4, 0.5) is 11.4 Å². The number of nitrogens with zero attached hydrogens (tertiary/aromatic N) is 1. The Labute approximate surface area is 160 Å². The molecule has 142 valence electrons. The topological polar surface area (TPSA) is 112 Å². The van der Waals surface area contributed by atoms with E-state index >= 15 is 0 Å². The van der Waals surface area contributed by atoms with Crippen LogP contribution in [0.1, 0.15) is 10.4 Å². The van der Waals surface area contributed by atoms with Gasteiger partial charge in [0.05, 0.1) is 26.3 Å². The number of amides is 1.